The van der Waals surface area contributed by atoms with Gasteiger partial charge in [-0.15, -0.1) is 0 Å². The fourth-order valence-electron chi connectivity index (χ4n) is 3.82. The molecule has 5 heteroatoms. The third-order valence-corrected chi connectivity index (χ3v) is 5.08. The third-order valence-electron chi connectivity index (χ3n) is 5.08. The fraction of sp³-hybridized carbons (Fsp3) is 0.571. The molecule has 1 aromatic heterocycles. The number of likely N-dealkylation sites (tertiary alicyclic amines) is 1. The molecule has 1 aliphatic rings. The van der Waals surface area contributed by atoms with Gasteiger partial charge in [0.1, 0.15) is 5.76 Å². The molecule has 2 heterocycles. The number of aromatic nitrogens is 1. The van der Waals surface area contributed by atoms with Crippen molar-refractivity contribution in [1.29, 1.82) is 0 Å². The van der Waals surface area contributed by atoms with E-state index >= 15 is 0 Å². The van der Waals surface area contributed by atoms with Gasteiger partial charge in [-0.25, -0.2) is 0 Å². The van der Waals surface area contributed by atoms with Gasteiger partial charge >= 0.3 is 0 Å². The highest BCUT2D eigenvalue weighted by Crippen LogP contribution is 2.37. The number of hydrogen-bond donors (Lipinski definition) is 0. The topological polar surface area (TPSA) is 47.7 Å². The van der Waals surface area contributed by atoms with E-state index in [0.717, 1.165) is 55.3 Å². The van der Waals surface area contributed by atoms with E-state index in [-0.39, 0.29) is 0 Å². The van der Waals surface area contributed by atoms with Gasteiger partial charge in [-0.1, -0.05) is 25.1 Å². The highest BCUT2D eigenvalue weighted by Gasteiger charge is 2.31. The summed E-state index contributed by atoms with van der Waals surface area (Å²) in [6, 6.07) is 6.65. The zero-order valence-electron chi connectivity index (χ0n) is 16.4. The van der Waals surface area contributed by atoms with Gasteiger partial charge in [-0.2, -0.15) is 0 Å². The standard InChI is InChI=1S/C21H30N2O3/c1-5-12-25-19-10-9-16(13-20(19)24-4)14-23-11-7-8-17(23)21-15(3)22-26-18(21)6-2/h9-10,13,17H,5-8,11-12,14H2,1-4H3/t17-/m0/s1. The van der Waals surface area contributed by atoms with E-state index in [1.165, 1.54) is 17.5 Å². The van der Waals surface area contributed by atoms with Crippen molar-refractivity contribution in [2.75, 3.05) is 20.3 Å². The lowest BCUT2D eigenvalue weighted by atomic mass is 10.0. The number of rotatable bonds is 8. The zero-order chi connectivity index (χ0) is 18.5. The average Bonchev–Trinajstić information content (AvgIpc) is 3.25. The molecular formula is C21H30N2O3. The average molecular weight is 358 g/mol. The van der Waals surface area contributed by atoms with Crippen LogP contribution in [-0.2, 0) is 13.0 Å². The monoisotopic (exact) mass is 358 g/mol. The molecule has 0 N–H and O–H groups in total. The molecule has 142 valence electrons. The van der Waals surface area contributed by atoms with E-state index in [4.69, 9.17) is 14.0 Å². The number of nitrogens with zero attached hydrogens (tertiary/aromatic N) is 2. The first-order valence-corrected chi connectivity index (χ1v) is 9.66. The summed E-state index contributed by atoms with van der Waals surface area (Å²) in [4.78, 5) is 2.53. The van der Waals surface area contributed by atoms with E-state index < -0.39 is 0 Å². The van der Waals surface area contributed by atoms with E-state index in [2.05, 4.69) is 43.0 Å². The van der Waals surface area contributed by atoms with Crippen LogP contribution in [0.15, 0.2) is 22.7 Å². The summed E-state index contributed by atoms with van der Waals surface area (Å²) < 4.78 is 16.8. The number of hydrogen-bond acceptors (Lipinski definition) is 5. The van der Waals surface area contributed by atoms with Crippen molar-refractivity contribution in [3.8, 4) is 11.5 Å². The van der Waals surface area contributed by atoms with Crippen molar-refractivity contribution in [2.24, 2.45) is 0 Å². The molecule has 5 nitrogen and oxygen atoms in total. The molecule has 0 unspecified atom stereocenters. The highest BCUT2D eigenvalue weighted by molar-refractivity contribution is 5.43. The molecule has 1 fully saturated rings. The quantitative estimate of drug-likeness (QED) is 0.686. The van der Waals surface area contributed by atoms with Crippen molar-refractivity contribution in [3.05, 3.63) is 40.8 Å². The Morgan fingerprint density at radius 2 is 2.12 bits per heavy atom. The van der Waals surface area contributed by atoms with Gasteiger partial charge in [-0.3, -0.25) is 4.90 Å². The highest BCUT2D eigenvalue weighted by atomic mass is 16.5. The molecule has 2 aromatic rings. The maximum Gasteiger partial charge on any atom is 0.161 e. The van der Waals surface area contributed by atoms with Crippen LogP contribution in [0.4, 0.5) is 0 Å². The van der Waals surface area contributed by atoms with Gasteiger partial charge in [0.25, 0.3) is 0 Å². The number of benzene rings is 1. The van der Waals surface area contributed by atoms with Gasteiger partial charge in [0, 0.05) is 24.6 Å². The number of methoxy groups -OCH3 is 1. The van der Waals surface area contributed by atoms with Gasteiger partial charge in [0.05, 0.1) is 19.4 Å². The molecule has 0 saturated carbocycles. The number of ether oxygens (including phenoxy) is 2. The third kappa shape index (κ3) is 3.88. The Morgan fingerprint density at radius 1 is 1.27 bits per heavy atom. The zero-order valence-corrected chi connectivity index (χ0v) is 16.4. The Balaban J connectivity index is 1.78. The largest absolute Gasteiger partial charge is 0.493 e. The molecule has 0 bridgehead atoms. The molecule has 0 amide bonds. The second-order valence-corrected chi connectivity index (χ2v) is 6.92. The van der Waals surface area contributed by atoms with Crippen molar-refractivity contribution in [1.82, 2.24) is 10.1 Å². The lowest BCUT2D eigenvalue weighted by Crippen LogP contribution is -2.23. The van der Waals surface area contributed by atoms with Gasteiger partial charge in [0.2, 0.25) is 0 Å². The Hall–Kier alpha value is -2.01. The second-order valence-electron chi connectivity index (χ2n) is 6.92. The molecule has 26 heavy (non-hydrogen) atoms. The van der Waals surface area contributed by atoms with Gasteiger partial charge in [-0.05, 0) is 50.4 Å². The van der Waals surface area contributed by atoms with Crippen LogP contribution in [0.5, 0.6) is 11.5 Å². The van der Waals surface area contributed by atoms with Gasteiger partial charge < -0.3 is 14.0 Å². The van der Waals surface area contributed by atoms with Crippen LogP contribution < -0.4 is 9.47 Å². The lowest BCUT2D eigenvalue weighted by molar-refractivity contribution is 0.244. The normalized spacial score (nSPS) is 17.6. The summed E-state index contributed by atoms with van der Waals surface area (Å²) in [6.45, 7) is 8.97. The minimum absolute atomic E-state index is 0.387. The lowest BCUT2D eigenvalue weighted by Gasteiger charge is -2.25. The van der Waals surface area contributed by atoms with E-state index in [1.54, 1.807) is 7.11 Å². The van der Waals surface area contributed by atoms with Crippen LogP contribution in [0.2, 0.25) is 0 Å². The van der Waals surface area contributed by atoms with E-state index in [0.29, 0.717) is 12.6 Å². The first-order valence-electron chi connectivity index (χ1n) is 9.66. The number of aryl methyl sites for hydroxylation is 2. The first-order chi connectivity index (χ1) is 12.7. The Kier molecular flexibility index (Phi) is 6.20. The van der Waals surface area contributed by atoms with E-state index in [9.17, 15) is 0 Å². The molecular weight excluding hydrogens is 328 g/mol. The molecule has 1 aliphatic heterocycles. The van der Waals surface area contributed by atoms with Crippen molar-refractivity contribution in [3.63, 3.8) is 0 Å². The SMILES string of the molecule is CCCOc1ccc(CN2CCC[C@H]2c2c(C)noc2CC)cc1OC. The summed E-state index contributed by atoms with van der Waals surface area (Å²) in [5.41, 5.74) is 3.56. The molecule has 1 atom stereocenters. The summed E-state index contributed by atoms with van der Waals surface area (Å²) in [7, 11) is 1.70. The van der Waals surface area contributed by atoms with Crippen LogP contribution in [0.1, 0.15) is 61.7 Å². The maximum absolute atomic E-state index is 5.77. The Morgan fingerprint density at radius 3 is 2.85 bits per heavy atom. The predicted molar refractivity (Wildman–Crippen MR) is 102 cm³/mol. The van der Waals surface area contributed by atoms with Crippen molar-refractivity contribution < 1.29 is 14.0 Å². The predicted octanol–water partition coefficient (Wildman–Crippen LogP) is 4.68. The van der Waals surface area contributed by atoms with Crippen LogP contribution in [0, 0.1) is 6.92 Å². The Bertz CT molecular complexity index is 726. The minimum atomic E-state index is 0.387. The van der Waals surface area contributed by atoms with Crippen LogP contribution in [0.3, 0.4) is 0 Å². The summed E-state index contributed by atoms with van der Waals surface area (Å²) in [5, 5.41) is 4.20. The second kappa shape index (κ2) is 8.58. The fourth-order valence-corrected chi connectivity index (χ4v) is 3.82. The van der Waals surface area contributed by atoms with Crippen LogP contribution in [-0.4, -0.2) is 30.3 Å². The van der Waals surface area contributed by atoms with Crippen LogP contribution in [0.25, 0.3) is 0 Å². The smallest absolute Gasteiger partial charge is 0.161 e. The molecule has 0 spiro atoms. The summed E-state index contributed by atoms with van der Waals surface area (Å²) in [6.07, 6.45) is 4.23. The maximum atomic E-state index is 5.77. The molecule has 0 radical (unpaired) electrons. The van der Waals surface area contributed by atoms with Crippen molar-refractivity contribution in [2.45, 2.75) is 59.0 Å². The molecule has 3 rings (SSSR count). The van der Waals surface area contributed by atoms with Crippen LogP contribution >= 0.6 is 0 Å². The molecule has 0 aliphatic carbocycles. The minimum Gasteiger partial charge on any atom is -0.493 e. The van der Waals surface area contributed by atoms with Gasteiger partial charge in [0.15, 0.2) is 11.5 Å². The van der Waals surface area contributed by atoms with Crippen molar-refractivity contribution >= 4 is 0 Å². The summed E-state index contributed by atoms with van der Waals surface area (Å²) >= 11 is 0. The summed E-state index contributed by atoms with van der Waals surface area (Å²) in [5.74, 6) is 2.65. The molecule has 1 aromatic carbocycles. The Labute approximate surface area is 156 Å². The molecule has 1 saturated heterocycles. The van der Waals surface area contributed by atoms with E-state index in [1.807, 2.05) is 6.07 Å². The first kappa shape index (κ1) is 18.8.